The molecule has 1 amide bonds. The Morgan fingerprint density at radius 2 is 2.12 bits per heavy atom. The van der Waals surface area contributed by atoms with E-state index in [4.69, 9.17) is 4.74 Å². The van der Waals surface area contributed by atoms with Crippen molar-refractivity contribution in [2.24, 2.45) is 0 Å². The molecule has 0 aromatic carbocycles. The first-order chi connectivity index (χ1) is 7.97. The molecule has 100 valence electrons. The first-order valence-corrected chi connectivity index (χ1v) is 6.16. The number of methoxy groups -OCH3 is 1. The predicted octanol–water partition coefficient (Wildman–Crippen LogP) is -0.225. The smallest absolute Gasteiger partial charge is 0.236 e. The monoisotopic (exact) mass is 243 g/mol. The molecule has 1 N–H and O–H groups in total. The molecule has 0 unspecified atom stereocenters. The molecule has 5 heteroatoms. The standard InChI is InChI=1S/C12H25N3O2/c1-12(2)10-15(7-6-14(12)3)11(16)9-13-5-8-17-4/h13H,5-10H2,1-4H3. The Bertz CT molecular complexity index is 256. The van der Waals surface area contributed by atoms with Crippen LogP contribution in [-0.4, -0.2) is 74.7 Å². The lowest BCUT2D eigenvalue weighted by molar-refractivity contribution is -0.134. The second kappa shape index (κ2) is 6.33. The summed E-state index contributed by atoms with van der Waals surface area (Å²) in [5, 5.41) is 3.09. The highest BCUT2D eigenvalue weighted by atomic mass is 16.5. The van der Waals surface area contributed by atoms with Gasteiger partial charge in [-0.2, -0.15) is 0 Å². The largest absolute Gasteiger partial charge is 0.383 e. The fourth-order valence-corrected chi connectivity index (χ4v) is 1.93. The maximum absolute atomic E-state index is 12.0. The predicted molar refractivity (Wildman–Crippen MR) is 68.0 cm³/mol. The molecular weight excluding hydrogens is 218 g/mol. The fraction of sp³-hybridized carbons (Fsp3) is 0.917. The van der Waals surface area contributed by atoms with Crippen LogP contribution in [0.4, 0.5) is 0 Å². The van der Waals surface area contributed by atoms with Crippen molar-refractivity contribution < 1.29 is 9.53 Å². The van der Waals surface area contributed by atoms with E-state index >= 15 is 0 Å². The maximum atomic E-state index is 12.0. The van der Waals surface area contributed by atoms with Gasteiger partial charge in [-0.3, -0.25) is 9.69 Å². The van der Waals surface area contributed by atoms with E-state index in [2.05, 4.69) is 31.1 Å². The van der Waals surface area contributed by atoms with Crippen LogP contribution in [0.1, 0.15) is 13.8 Å². The summed E-state index contributed by atoms with van der Waals surface area (Å²) >= 11 is 0. The van der Waals surface area contributed by atoms with Crippen molar-refractivity contribution in [3.8, 4) is 0 Å². The fourth-order valence-electron chi connectivity index (χ4n) is 1.93. The number of amides is 1. The van der Waals surface area contributed by atoms with Gasteiger partial charge in [-0.1, -0.05) is 0 Å². The van der Waals surface area contributed by atoms with Gasteiger partial charge >= 0.3 is 0 Å². The third-order valence-corrected chi connectivity index (χ3v) is 3.43. The van der Waals surface area contributed by atoms with Crippen molar-refractivity contribution in [1.82, 2.24) is 15.1 Å². The number of nitrogens with zero attached hydrogens (tertiary/aromatic N) is 2. The van der Waals surface area contributed by atoms with Crippen LogP contribution in [-0.2, 0) is 9.53 Å². The van der Waals surface area contributed by atoms with Gasteiger partial charge in [0.1, 0.15) is 0 Å². The second-order valence-corrected chi connectivity index (χ2v) is 5.22. The molecule has 0 spiro atoms. The first kappa shape index (κ1) is 14.4. The minimum atomic E-state index is 0.0699. The molecule has 0 atom stereocenters. The zero-order valence-electron chi connectivity index (χ0n) is 11.5. The van der Waals surface area contributed by atoms with E-state index in [0.29, 0.717) is 13.2 Å². The van der Waals surface area contributed by atoms with E-state index < -0.39 is 0 Å². The summed E-state index contributed by atoms with van der Waals surface area (Å²) in [5.41, 5.74) is 0.0699. The van der Waals surface area contributed by atoms with E-state index in [1.165, 1.54) is 0 Å². The Morgan fingerprint density at radius 1 is 1.41 bits per heavy atom. The Balaban J connectivity index is 2.33. The highest BCUT2D eigenvalue weighted by molar-refractivity contribution is 5.78. The highest BCUT2D eigenvalue weighted by Gasteiger charge is 2.32. The number of carbonyl (C=O) groups is 1. The Hall–Kier alpha value is -0.650. The number of hydrogen-bond acceptors (Lipinski definition) is 4. The average molecular weight is 243 g/mol. The van der Waals surface area contributed by atoms with E-state index in [1.54, 1.807) is 7.11 Å². The number of hydrogen-bond donors (Lipinski definition) is 1. The summed E-state index contributed by atoms with van der Waals surface area (Å²) in [7, 11) is 3.77. The van der Waals surface area contributed by atoms with Crippen molar-refractivity contribution in [2.45, 2.75) is 19.4 Å². The van der Waals surface area contributed by atoms with Crippen molar-refractivity contribution in [2.75, 3.05) is 53.5 Å². The lowest BCUT2D eigenvalue weighted by Crippen LogP contribution is -2.59. The van der Waals surface area contributed by atoms with Gasteiger partial charge in [-0.15, -0.1) is 0 Å². The molecule has 0 aromatic heterocycles. The van der Waals surface area contributed by atoms with Gasteiger partial charge in [0.05, 0.1) is 13.2 Å². The van der Waals surface area contributed by atoms with E-state index in [-0.39, 0.29) is 11.4 Å². The topological polar surface area (TPSA) is 44.8 Å². The van der Waals surface area contributed by atoms with Gasteiger partial charge in [0.2, 0.25) is 5.91 Å². The molecule has 0 aromatic rings. The molecule has 0 radical (unpaired) electrons. The molecule has 1 aliphatic rings. The third-order valence-electron chi connectivity index (χ3n) is 3.43. The maximum Gasteiger partial charge on any atom is 0.236 e. The van der Waals surface area contributed by atoms with E-state index in [1.807, 2.05) is 4.90 Å². The van der Waals surface area contributed by atoms with Crippen LogP contribution in [0.2, 0.25) is 0 Å². The van der Waals surface area contributed by atoms with Crippen molar-refractivity contribution in [1.29, 1.82) is 0 Å². The van der Waals surface area contributed by atoms with Crippen LogP contribution in [0.25, 0.3) is 0 Å². The summed E-state index contributed by atoms with van der Waals surface area (Å²) in [6.07, 6.45) is 0. The van der Waals surface area contributed by atoms with Crippen LogP contribution in [0.3, 0.4) is 0 Å². The Labute approximate surface area is 104 Å². The third kappa shape index (κ3) is 4.26. The molecule has 1 aliphatic heterocycles. The zero-order valence-corrected chi connectivity index (χ0v) is 11.5. The quantitative estimate of drug-likeness (QED) is 0.678. The van der Waals surface area contributed by atoms with Crippen molar-refractivity contribution >= 4 is 5.91 Å². The molecule has 1 fully saturated rings. The molecular formula is C12H25N3O2. The molecule has 0 bridgehead atoms. The lowest BCUT2D eigenvalue weighted by atomic mass is 10.00. The zero-order chi connectivity index (χ0) is 12.9. The van der Waals surface area contributed by atoms with Crippen LogP contribution in [0.5, 0.6) is 0 Å². The summed E-state index contributed by atoms with van der Waals surface area (Å²) in [6.45, 7) is 8.68. The summed E-state index contributed by atoms with van der Waals surface area (Å²) in [6, 6.07) is 0. The number of rotatable bonds is 5. The second-order valence-electron chi connectivity index (χ2n) is 5.22. The number of ether oxygens (including phenoxy) is 1. The minimum Gasteiger partial charge on any atom is -0.383 e. The molecule has 1 rings (SSSR count). The number of piperazine rings is 1. The molecule has 1 saturated heterocycles. The minimum absolute atomic E-state index is 0.0699. The van der Waals surface area contributed by atoms with Crippen LogP contribution in [0.15, 0.2) is 0 Å². The summed E-state index contributed by atoms with van der Waals surface area (Å²) in [5.74, 6) is 0.183. The molecule has 0 aliphatic carbocycles. The number of likely N-dealkylation sites (N-methyl/N-ethyl adjacent to an activating group) is 1. The first-order valence-electron chi connectivity index (χ1n) is 6.16. The van der Waals surface area contributed by atoms with Crippen LogP contribution in [0, 0.1) is 0 Å². The van der Waals surface area contributed by atoms with Gasteiger partial charge in [0.15, 0.2) is 0 Å². The summed E-state index contributed by atoms with van der Waals surface area (Å²) in [4.78, 5) is 16.2. The van der Waals surface area contributed by atoms with Gasteiger partial charge in [0.25, 0.3) is 0 Å². The van der Waals surface area contributed by atoms with Gasteiger partial charge in [0, 0.05) is 38.8 Å². The van der Waals surface area contributed by atoms with Gasteiger partial charge < -0.3 is 15.0 Å². The van der Waals surface area contributed by atoms with E-state index in [0.717, 1.165) is 26.2 Å². The Kier molecular flexibility index (Phi) is 5.36. The van der Waals surface area contributed by atoms with Gasteiger partial charge in [-0.05, 0) is 20.9 Å². The normalized spacial score (nSPS) is 20.6. The number of nitrogens with one attached hydrogen (secondary N) is 1. The highest BCUT2D eigenvalue weighted by Crippen LogP contribution is 2.18. The molecule has 17 heavy (non-hydrogen) atoms. The Morgan fingerprint density at radius 3 is 2.71 bits per heavy atom. The molecule has 5 nitrogen and oxygen atoms in total. The van der Waals surface area contributed by atoms with Gasteiger partial charge in [-0.25, -0.2) is 0 Å². The van der Waals surface area contributed by atoms with Crippen molar-refractivity contribution in [3.63, 3.8) is 0 Å². The van der Waals surface area contributed by atoms with Crippen molar-refractivity contribution in [3.05, 3.63) is 0 Å². The van der Waals surface area contributed by atoms with Crippen LogP contribution < -0.4 is 5.32 Å². The summed E-state index contributed by atoms with van der Waals surface area (Å²) < 4.78 is 4.92. The number of carbonyl (C=O) groups excluding carboxylic acids is 1. The average Bonchev–Trinajstić information content (AvgIpc) is 2.28. The molecule has 1 heterocycles. The molecule has 0 saturated carbocycles. The van der Waals surface area contributed by atoms with Crippen LogP contribution >= 0.6 is 0 Å². The SMILES string of the molecule is COCCNCC(=O)N1CCN(C)C(C)(C)C1. The lowest BCUT2D eigenvalue weighted by Gasteiger charge is -2.45. The van der Waals surface area contributed by atoms with E-state index in [9.17, 15) is 4.79 Å².